The zero-order valence-corrected chi connectivity index (χ0v) is 38.8. The molecule has 0 spiro atoms. The molecule has 1 aliphatic rings. The van der Waals surface area contributed by atoms with Gasteiger partial charge in [-0.3, -0.25) is 0 Å². The van der Waals surface area contributed by atoms with Gasteiger partial charge in [-0.05, 0) is 136 Å². The average molecular weight is 894 g/mol. The molecule has 1 aliphatic carbocycles. The number of hydrogen-bond acceptors (Lipinski definition) is 3. The number of rotatable bonds is 9. The molecular formula is C64H47NO2S. The zero-order valence-electron chi connectivity index (χ0n) is 37.9. The first-order valence-electron chi connectivity index (χ1n) is 23.8. The lowest BCUT2D eigenvalue weighted by Crippen LogP contribution is -2.35. The third-order valence-electron chi connectivity index (χ3n) is 14.2. The summed E-state index contributed by atoms with van der Waals surface area (Å²) in [6.45, 7) is 4.51. The van der Waals surface area contributed by atoms with Gasteiger partial charge >= 0.3 is 0 Å². The van der Waals surface area contributed by atoms with Crippen molar-refractivity contribution in [3.63, 3.8) is 0 Å². The lowest BCUT2D eigenvalue weighted by molar-refractivity contribution is 0.270. The van der Waals surface area contributed by atoms with Crippen LogP contribution in [0.2, 0.25) is 0 Å². The summed E-state index contributed by atoms with van der Waals surface area (Å²) in [4.78, 5) is 0. The molecule has 0 saturated carbocycles. The molecule has 0 fully saturated rings. The molecule has 3 heterocycles. The van der Waals surface area contributed by atoms with Crippen LogP contribution in [0.4, 0.5) is 0 Å². The van der Waals surface area contributed by atoms with Crippen molar-refractivity contribution in [1.82, 2.24) is 4.57 Å². The van der Waals surface area contributed by atoms with Gasteiger partial charge in [0.1, 0.15) is 23.0 Å². The van der Waals surface area contributed by atoms with Crippen molar-refractivity contribution in [1.29, 1.82) is 0 Å². The second kappa shape index (κ2) is 16.4. The first-order valence-corrected chi connectivity index (χ1v) is 24.6. The Balaban J connectivity index is 0.815. The van der Waals surface area contributed by atoms with Crippen molar-refractivity contribution in [2.45, 2.75) is 38.7 Å². The van der Waals surface area contributed by atoms with Crippen molar-refractivity contribution < 1.29 is 9.15 Å². The van der Waals surface area contributed by atoms with Crippen LogP contribution in [0.5, 0.6) is 5.75 Å². The van der Waals surface area contributed by atoms with Crippen LogP contribution in [0, 0.1) is 6.92 Å². The third kappa shape index (κ3) is 6.86. The van der Waals surface area contributed by atoms with E-state index >= 15 is 0 Å². The summed E-state index contributed by atoms with van der Waals surface area (Å²) in [6.07, 6.45) is 6.33. The summed E-state index contributed by atoms with van der Waals surface area (Å²) in [5.41, 5.74) is 15.3. The minimum absolute atomic E-state index is 0.114. The summed E-state index contributed by atoms with van der Waals surface area (Å²) in [5, 5.41) is 8.59. The van der Waals surface area contributed by atoms with E-state index in [2.05, 4.69) is 219 Å². The Labute approximate surface area is 399 Å². The Morgan fingerprint density at radius 3 is 2.18 bits per heavy atom. The van der Waals surface area contributed by atoms with Gasteiger partial charge in [0, 0.05) is 59.6 Å². The minimum Gasteiger partial charge on any atom is -0.486 e. The maximum Gasteiger partial charge on any atom is 0.135 e. The fourth-order valence-corrected chi connectivity index (χ4v) is 12.0. The molecule has 326 valence electrons. The van der Waals surface area contributed by atoms with E-state index in [1.165, 1.54) is 91.7 Å². The molecule has 0 bridgehead atoms. The highest BCUT2D eigenvalue weighted by Gasteiger charge is 2.21. The van der Waals surface area contributed by atoms with Gasteiger partial charge in [-0.25, -0.2) is 0 Å². The highest BCUT2D eigenvalue weighted by molar-refractivity contribution is 7.25. The summed E-state index contributed by atoms with van der Waals surface area (Å²) < 4.78 is 18.2. The number of thiophene rings is 1. The molecule has 0 N–H and O–H groups in total. The van der Waals surface area contributed by atoms with Crippen LogP contribution in [-0.4, -0.2) is 10.7 Å². The van der Waals surface area contributed by atoms with Gasteiger partial charge in [0.25, 0.3) is 0 Å². The van der Waals surface area contributed by atoms with Gasteiger partial charge in [0.2, 0.25) is 0 Å². The van der Waals surface area contributed by atoms with Gasteiger partial charge in [-0.1, -0.05) is 146 Å². The van der Waals surface area contributed by atoms with Crippen LogP contribution in [0.3, 0.4) is 0 Å². The van der Waals surface area contributed by atoms with Gasteiger partial charge in [-0.2, -0.15) is 0 Å². The maximum atomic E-state index is 6.95. The second-order valence-corrected chi connectivity index (χ2v) is 19.3. The third-order valence-corrected chi connectivity index (χ3v) is 15.3. The Kier molecular flexibility index (Phi) is 9.76. The Hall–Kier alpha value is -7.92. The van der Waals surface area contributed by atoms with E-state index in [0.717, 1.165) is 46.2 Å². The van der Waals surface area contributed by atoms with E-state index in [4.69, 9.17) is 9.15 Å². The molecule has 0 saturated heterocycles. The minimum atomic E-state index is -0.114. The van der Waals surface area contributed by atoms with Crippen molar-refractivity contribution in [3.8, 4) is 44.8 Å². The molecular weight excluding hydrogens is 847 g/mol. The van der Waals surface area contributed by atoms with E-state index in [9.17, 15) is 0 Å². The van der Waals surface area contributed by atoms with E-state index in [0.29, 0.717) is 0 Å². The Morgan fingerprint density at radius 1 is 0.574 bits per heavy atom. The largest absolute Gasteiger partial charge is 0.486 e. The summed E-state index contributed by atoms with van der Waals surface area (Å²) in [6, 6.07) is 72.9. The highest BCUT2D eigenvalue weighted by Crippen LogP contribution is 2.41. The molecule has 4 heteroatoms. The normalized spacial score (nSPS) is 14.1. The fourth-order valence-electron chi connectivity index (χ4n) is 10.9. The van der Waals surface area contributed by atoms with Gasteiger partial charge < -0.3 is 13.7 Å². The molecule has 3 nitrogen and oxygen atoms in total. The van der Waals surface area contributed by atoms with Crippen molar-refractivity contribution in [2.75, 3.05) is 0 Å². The van der Waals surface area contributed by atoms with Gasteiger partial charge in [-0.15, -0.1) is 11.3 Å². The van der Waals surface area contributed by atoms with Crippen molar-refractivity contribution in [3.05, 3.63) is 227 Å². The van der Waals surface area contributed by atoms with E-state index in [1.807, 2.05) is 23.5 Å². The molecule has 0 amide bonds. The quantitative estimate of drug-likeness (QED) is 0.144. The number of para-hydroxylation sites is 2. The number of nitrogens with zero attached hydrogens (tertiary/aromatic N) is 1. The number of aromatic nitrogens is 1. The molecule has 2 atom stereocenters. The van der Waals surface area contributed by atoms with Gasteiger partial charge in [0.05, 0.1) is 10.9 Å². The van der Waals surface area contributed by atoms with Crippen LogP contribution >= 0.6 is 11.3 Å². The van der Waals surface area contributed by atoms with Crippen LogP contribution in [0.15, 0.2) is 205 Å². The monoisotopic (exact) mass is 893 g/mol. The van der Waals surface area contributed by atoms with Crippen LogP contribution in [-0.2, 0) is 0 Å². The topological polar surface area (TPSA) is 27.3 Å². The van der Waals surface area contributed by atoms with E-state index in [1.54, 1.807) is 0 Å². The number of ether oxygens (including phenoxy) is 1. The standard InChI is InChI=1S/C64H47NO2S/c1-3-49(45-16-12-14-41(34-45)43-27-32-62-57(36-43)53-21-7-10-24-61(53)67-62)50-18-4-5-19-51(50)55-38-47(29-26-40(55)2)66-48-30-31-60-56(39-48)52-20-6-9-23-59(52)65(60)46-17-13-15-42(35-46)44-28-33-64-58(37-44)54-22-8-11-25-63(54)68-64/h4-29,31-39,48-49H,3,30H2,1-2H3. The second-order valence-electron chi connectivity index (χ2n) is 18.2. The Morgan fingerprint density at radius 2 is 1.28 bits per heavy atom. The first-order chi connectivity index (χ1) is 33.5. The van der Waals surface area contributed by atoms with E-state index < -0.39 is 0 Å². The summed E-state index contributed by atoms with van der Waals surface area (Å²) in [5.74, 6) is 1.08. The lowest BCUT2D eigenvalue weighted by Gasteiger charge is -2.23. The summed E-state index contributed by atoms with van der Waals surface area (Å²) >= 11 is 1.86. The lowest BCUT2D eigenvalue weighted by atomic mass is 9.82. The molecule has 2 unspecified atom stereocenters. The van der Waals surface area contributed by atoms with E-state index in [-0.39, 0.29) is 12.0 Å². The van der Waals surface area contributed by atoms with Crippen molar-refractivity contribution >= 4 is 76.5 Å². The number of benzene rings is 9. The molecule has 3 aromatic heterocycles. The Bertz CT molecular complexity index is 4070. The molecule has 12 aromatic rings. The number of fused-ring (bicyclic) bond motifs is 9. The van der Waals surface area contributed by atoms with Crippen molar-refractivity contribution in [2.24, 2.45) is 0 Å². The summed E-state index contributed by atoms with van der Waals surface area (Å²) in [7, 11) is 0. The highest BCUT2D eigenvalue weighted by atomic mass is 32.1. The molecule has 9 aromatic carbocycles. The van der Waals surface area contributed by atoms with Crippen LogP contribution in [0.25, 0.3) is 104 Å². The molecule has 68 heavy (non-hydrogen) atoms. The fraction of sp³-hybridized carbons (Fsp3) is 0.0938. The SMILES string of the molecule is CCC(c1cccc(-c2ccc3oc4ccccc4c3c2)c1)c1ccccc1-c1cc(OC2C=c3c(n(-c4cccc(-c5ccc6sc7ccccc7c6c5)c4)c4ccccc34)=CC2)ccc1C. The van der Waals surface area contributed by atoms with Crippen LogP contribution < -0.4 is 15.3 Å². The maximum absolute atomic E-state index is 6.95. The predicted molar refractivity (Wildman–Crippen MR) is 287 cm³/mol. The molecule has 13 rings (SSSR count). The zero-order chi connectivity index (χ0) is 45.3. The predicted octanol–water partition coefficient (Wildman–Crippen LogP) is 16.2. The molecule has 0 aliphatic heterocycles. The number of hydrogen-bond donors (Lipinski definition) is 0. The number of aryl methyl sites for hydroxylation is 1. The smallest absolute Gasteiger partial charge is 0.135 e. The first kappa shape index (κ1) is 40.4. The number of furan rings is 1. The average Bonchev–Trinajstić information content (AvgIpc) is 4.06. The van der Waals surface area contributed by atoms with Gasteiger partial charge in [0.15, 0.2) is 0 Å². The van der Waals surface area contributed by atoms with Crippen LogP contribution in [0.1, 0.15) is 42.4 Å². The molecule has 0 radical (unpaired) electrons.